The molecule has 6 heteroatoms. The van der Waals surface area contributed by atoms with Crippen molar-refractivity contribution in [2.45, 2.75) is 13.8 Å². The topological polar surface area (TPSA) is 92.5 Å². The van der Waals surface area contributed by atoms with Crippen LogP contribution >= 0.6 is 0 Å². The highest BCUT2D eigenvalue weighted by Crippen LogP contribution is 2.28. The van der Waals surface area contributed by atoms with Crippen LogP contribution in [0.5, 0.6) is 0 Å². The van der Waals surface area contributed by atoms with Crippen LogP contribution in [0, 0.1) is 24.0 Å². The van der Waals surface area contributed by atoms with Crippen LogP contribution in [0.1, 0.15) is 21.5 Å². The number of rotatable bonds is 4. The molecule has 0 unspecified atom stereocenters. The van der Waals surface area contributed by atoms with Crippen molar-refractivity contribution in [3.05, 3.63) is 63.2 Å². The molecule has 0 saturated carbocycles. The summed E-state index contributed by atoms with van der Waals surface area (Å²) in [6.45, 7) is 3.37. The summed E-state index contributed by atoms with van der Waals surface area (Å²) in [7, 11) is 0. The molecule has 0 aliphatic heterocycles. The molecule has 0 heterocycles. The molecule has 0 aliphatic rings. The summed E-state index contributed by atoms with van der Waals surface area (Å²) in [4.78, 5) is 21.5. The Bertz CT molecular complexity index is 726. The first-order chi connectivity index (χ1) is 9.90. The van der Waals surface area contributed by atoms with Gasteiger partial charge in [0.2, 0.25) is 0 Å². The average molecular weight is 286 g/mol. The van der Waals surface area contributed by atoms with E-state index in [1.807, 2.05) is 0 Å². The fourth-order valence-electron chi connectivity index (χ4n) is 2.09. The number of anilines is 2. The van der Waals surface area contributed by atoms with Gasteiger partial charge in [-0.15, -0.1) is 0 Å². The molecule has 0 radical (unpaired) electrons. The number of hydrogen-bond acceptors (Lipinski definition) is 4. The van der Waals surface area contributed by atoms with Crippen molar-refractivity contribution in [3.63, 3.8) is 0 Å². The van der Waals surface area contributed by atoms with Gasteiger partial charge in [0.05, 0.1) is 16.1 Å². The Labute approximate surface area is 121 Å². The predicted octanol–water partition coefficient (Wildman–Crippen LogP) is 3.65. The van der Waals surface area contributed by atoms with E-state index in [2.05, 4.69) is 5.32 Å². The highest BCUT2D eigenvalue weighted by Gasteiger charge is 2.14. The molecule has 2 N–H and O–H groups in total. The summed E-state index contributed by atoms with van der Waals surface area (Å²) >= 11 is 0. The molecule has 0 aliphatic carbocycles. The van der Waals surface area contributed by atoms with Gasteiger partial charge in [-0.05, 0) is 43.7 Å². The van der Waals surface area contributed by atoms with E-state index < -0.39 is 10.9 Å². The number of nitro groups is 1. The van der Waals surface area contributed by atoms with Crippen molar-refractivity contribution in [2.24, 2.45) is 0 Å². The largest absolute Gasteiger partial charge is 0.478 e. The van der Waals surface area contributed by atoms with Gasteiger partial charge in [-0.25, -0.2) is 4.79 Å². The summed E-state index contributed by atoms with van der Waals surface area (Å²) in [5.74, 6) is -0.981. The van der Waals surface area contributed by atoms with Crippen LogP contribution in [0.25, 0.3) is 0 Å². The molecule has 0 amide bonds. The van der Waals surface area contributed by atoms with Crippen LogP contribution < -0.4 is 5.32 Å². The molecular weight excluding hydrogens is 272 g/mol. The molecule has 0 aromatic heterocycles. The third-order valence-electron chi connectivity index (χ3n) is 3.24. The molecule has 0 bridgehead atoms. The molecule has 108 valence electrons. The molecular formula is C15H14N2O4. The van der Waals surface area contributed by atoms with Crippen molar-refractivity contribution >= 4 is 23.0 Å². The third-order valence-corrected chi connectivity index (χ3v) is 3.24. The number of carboxylic acids is 1. The lowest BCUT2D eigenvalue weighted by atomic mass is 10.1. The molecule has 0 atom stereocenters. The highest BCUT2D eigenvalue weighted by atomic mass is 16.6. The first-order valence-corrected chi connectivity index (χ1v) is 6.25. The smallest absolute Gasteiger partial charge is 0.335 e. The fourth-order valence-corrected chi connectivity index (χ4v) is 2.09. The molecule has 6 nitrogen and oxygen atoms in total. The summed E-state index contributed by atoms with van der Waals surface area (Å²) in [5.41, 5.74) is 2.72. The van der Waals surface area contributed by atoms with Crippen LogP contribution in [0.3, 0.4) is 0 Å². The van der Waals surface area contributed by atoms with E-state index >= 15 is 0 Å². The molecule has 21 heavy (non-hydrogen) atoms. The van der Waals surface area contributed by atoms with E-state index in [4.69, 9.17) is 5.11 Å². The van der Waals surface area contributed by atoms with E-state index in [-0.39, 0.29) is 11.3 Å². The first-order valence-electron chi connectivity index (χ1n) is 6.25. The van der Waals surface area contributed by atoms with Gasteiger partial charge in [0.1, 0.15) is 0 Å². The first kappa shape index (κ1) is 14.5. The maximum absolute atomic E-state index is 11.0. The van der Waals surface area contributed by atoms with Gasteiger partial charge in [0.25, 0.3) is 5.69 Å². The van der Waals surface area contributed by atoms with Gasteiger partial charge in [0.15, 0.2) is 0 Å². The average Bonchev–Trinajstić information content (AvgIpc) is 2.40. The summed E-state index contributed by atoms with van der Waals surface area (Å²) in [6, 6.07) is 9.62. The van der Waals surface area contributed by atoms with Crippen molar-refractivity contribution in [2.75, 3.05) is 5.32 Å². The van der Waals surface area contributed by atoms with E-state index in [0.717, 1.165) is 0 Å². The zero-order chi connectivity index (χ0) is 15.6. The number of aryl methyl sites for hydroxylation is 1. The van der Waals surface area contributed by atoms with Crippen LogP contribution in [-0.2, 0) is 0 Å². The standard InChI is InChI=1S/C15H14N2O4/c1-9-8-11(6-7-12(9)15(18)19)16-13-4-3-5-14(10(13)2)17(20)21/h3-8,16H,1-2H3,(H,18,19). The summed E-state index contributed by atoms with van der Waals surface area (Å²) in [5, 5.41) is 23.0. The lowest BCUT2D eigenvalue weighted by Gasteiger charge is -2.11. The van der Waals surface area contributed by atoms with Gasteiger partial charge < -0.3 is 10.4 Å². The van der Waals surface area contributed by atoms with Crippen molar-refractivity contribution < 1.29 is 14.8 Å². The van der Waals surface area contributed by atoms with Crippen LogP contribution in [0.2, 0.25) is 0 Å². The Morgan fingerprint density at radius 1 is 1.24 bits per heavy atom. The Hall–Kier alpha value is -2.89. The molecule has 0 fully saturated rings. The van der Waals surface area contributed by atoms with Crippen LogP contribution in [0.4, 0.5) is 17.1 Å². The minimum Gasteiger partial charge on any atom is -0.478 e. The highest BCUT2D eigenvalue weighted by molar-refractivity contribution is 5.90. The zero-order valence-electron chi connectivity index (χ0n) is 11.6. The van der Waals surface area contributed by atoms with E-state index in [1.54, 1.807) is 38.1 Å². The SMILES string of the molecule is Cc1cc(Nc2cccc([N+](=O)[O-])c2C)ccc1C(=O)O. The van der Waals surface area contributed by atoms with E-state index in [9.17, 15) is 14.9 Å². The Kier molecular flexibility index (Phi) is 3.89. The van der Waals surface area contributed by atoms with E-state index in [1.165, 1.54) is 12.1 Å². The van der Waals surface area contributed by atoms with Gasteiger partial charge in [0, 0.05) is 17.4 Å². The van der Waals surface area contributed by atoms with Gasteiger partial charge in [-0.1, -0.05) is 6.07 Å². The summed E-state index contributed by atoms with van der Waals surface area (Å²) < 4.78 is 0. The third kappa shape index (κ3) is 3.00. The maximum atomic E-state index is 11.0. The molecule has 0 saturated heterocycles. The zero-order valence-corrected chi connectivity index (χ0v) is 11.6. The van der Waals surface area contributed by atoms with Gasteiger partial charge >= 0.3 is 5.97 Å². The Morgan fingerprint density at radius 3 is 2.52 bits per heavy atom. The Morgan fingerprint density at radius 2 is 1.95 bits per heavy atom. The van der Waals surface area contributed by atoms with Crippen molar-refractivity contribution in [1.29, 1.82) is 0 Å². The minimum absolute atomic E-state index is 0.0406. The van der Waals surface area contributed by atoms with Crippen molar-refractivity contribution in [1.82, 2.24) is 0 Å². The predicted molar refractivity (Wildman–Crippen MR) is 79.3 cm³/mol. The number of nitrogens with zero attached hydrogens (tertiary/aromatic N) is 1. The lowest BCUT2D eigenvalue weighted by Crippen LogP contribution is -2.01. The second-order valence-corrected chi connectivity index (χ2v) is 4.67. The van der Waals surface area contributed by atoms with Crippen LogP contribution in [0.15, 0.2) is 36.4 Å². The number of nitrogens with one attached hydrogen (secondary N) is 1. The quantitative estimate of drug-likeness (QED) is 0.661. The van der Waals surface area contributed by atoms with E-state index in [0.29, 0.717) is 22.5 Å². The molecule has 2 aromatic rings. The Balaban J connectivity index is 2.35. The van der Waals surface area contributed by atoms with Crippen LogP contribution in [-0.4, -0.2) is 16.0 Å². The number of benzene rings is 2. The fraction of sp³-hybridized carbons (Fsp3) is 0.133. The molecule has 2 aromatic carbocycles. The number of aromatic carboxylic acids is 1. The number of carbonyl (C=O) groups is 1. The minimum atomic E-state index is -0.981. The second kappa shape index (κ2) is 5.62. The summed E-state index contributed by atoms with van der Waals surface area (Å²) in [6.07, 6.45) is 0. The number of carboxylic acid groups (broad SMARTS) is 1. The maximum Gasteiger partial charge on any atom is 0.335 e. The number of nitro benzene ring substituents is 1. The number of hydrogen-bond donors (Lipinski definition) is 2. The normalized spacial score (nSPS) is 10.2. The van der Waals surface area contributed by atoms with Crippen molar-refractivity contribution in [3.8, 4) is 0 Å². The second-order valence-electron chi connectivity index (χ2n) is 4.67. The lowest BCUT2D eigenvalue weighted by molar-refractivity contribution is -0.385. The van der Waals surface area contributed by atoms with Gasteiger partial charge in [-0.2, -0.15) is 0 Å². The monoisotopic (exact) mass is 286 g/mol. The molecule has 0 spiro atoms. The molecule has 2 rings (SSSR count). The van der Waals surface area contributed by atoms with Gasteiger partial charge in [-0.3, -0.25) is 10.1 Å².